The number of benzene rings is 1. The molecule has 1 aliphatic heterocycles. The third-order valence-electron chi connectivity index (χ3n) is 4.96. The second-order valence-electron chi connectivity index (χ2n) is 6.98. The largest absolute Gasteiger partial charge is 0.494 e. The van der Waals surface area contributed by atoms with Crippen LogP contribution < -0.4 is 16.0 Å². The molecule has 4 N–H and O–H groups in total. The molecular weight excluding hydrogens is 372 g/mol. The van der Waals surface area contributed by atoms with E-state index >= 15 is 0 Å². The molecule has 0 bridgehead atoms. The molecule has 1 fully saturated rings. The molecule has 151 valence electrons. The Morgan fingerprint density at radius 3 is 2.83 bits per heavy atom. The van der Waals surface area contributed by atoms with Crippen LogP contribution in [0.25, 0.3) is 22.2 Å². The monoisotopic (exact) mass is 395 g/mol. The number of amides is 1. The second kappa shape index (κ2) is 8.50. The first-order valence-electron chi connectivity index (χ1n) is 9.61. The van der Waals surface area contributed by atoms with Crippen LogP contribution in [0.1, 0.15) is 16.9 Å². The Balaban J connectivity index is 1.42. The number of nitrogens with two attached hydrogens (primary N) is 1. The van der Waals surface area contributed by atoms with E-state index in [9.17, 15) is 9.59 Å². The van der Waals surface area contributed by atoms with Crippen LogP contribution in [0.15, 0.2) is 35.1 Å². The third kappa shape index (κ3) is 4.49. The number of nitrogens with zero attached hydrogens (tertiary/aromatic N) is 1. The summed E-state index contributed by atoms with van der Waals surface area (Å²) in [4.78, 5) is 31.5. The maximum Gasteiger partial charge on any atom is 0.265 e. The lowest BCUT2D eigenvalue weighted by atomic mass is 10.1. The Hall–Kier alpha value is -3.10. The average molecular weight is 395 g/mol. The molecule has 0 atom stereocenters. The smallest absolute Gasteiger partial charge is 0.265 e. The van der Waals surface area contributed by atoms with Gasteiger partial charge in [0.15, 0.2) is 0 Å². The molecule has 1 aliphatic rings. The van der Waals surface area contributed by atoms with E-state index in [0.29, 0.717) is 17.9 Å². The van der Waals surface area contributed by atoms with Gasteiger partial charge in [0, 0.05) is 36.6 Å². The van der Waals surface area contributed by atoms with Crippen LogP contribution in [-0.4, -0.2) is 60.2 Å². The van der Waals surface area contributed by atoms with Crippen LogP contribution in [-0.2, 0) is 4.74 Å². The molecule has 3 heterocycles. The summed E-state index contributed by atoms with van der Waals surface area (Å²) in [6, 6.07) is 11.8. The molecule has 1 saturated heterocycles. The highest BCUT2D eigenvalue weighted by Gasteiger charge is 2.12. The zero-order valence-corrected chi connectivity index (χ0v) is 16.0. The Morgan fingerprint density at radius 2 is 2.07 bits per heavy atom. The normalized spacial score (nSPS) is 14.9. The summed E-state index contributed by atoms with van der Waals surface area (Å²) < 4.78 is 11.2. The maximum absolute atomic E-state index is 12.3. The third-order valence-corrected chi connectivity index (χ3v) is 4.96. The fourth-order valence-corrected chi connectivity index (χ4v) is 3.41. The Labute approximate surface area is 167 Å². The zero-order chi connectivity index (χ0) is 20.2. The Morgan fingerprint density at radius 1 is 1.24 bits per heavy atom. The van der Waals surface area contributed by atoms with Gasteiger partial charge in [0.1, 0.15) is 11.4 Å². The van der Waals surface area contributed by atoms with Crippen molar-refractivity contribution >= 4 is 16.8 Å². The minimum atomic E-state index is -0.722. The number of fused-ring (bicyclic) bond motifs is 1. The lowest BCUT2D eigenvalue weighted by Crippen LogP contribution is -2.37. The number of hydrogen-bond acceptors (Lipinski definition) is 5. The number of ether oxygens (including phenoxy) is 2. The predicted octanol–water partition coefficient (Wildman–Crippen LogP) is 1.52. The van der Waals surface area contributed by atoms with Gasteiger partial charge in [0.05, 0.1) is 31.1 Å². The molecule has 2 aromatic heterocycles. The number of primary amides is 1. The second-order valence-corrected chi connectivity index (χ2v) is 6.98. The Bertz CT molecular complexity index is 1070. The van der Waals surface area contributed by atoms with Gasteiger partial charge in [-0.15, -0.1) is 0 Å². The molecule has 8 nitrogen and oxygen atoms in total. The van der Waals surface area contributed by atoms with Gasteiger partial charge in [-0.05, 0) is 36.8 Å². The fraction of sp³-hybridized carbons (Fsp3) is 0.333. The van der Waals surface area contributed by atoms with E-state index in [1.165, 1.54) is 6.07 Å². The minimum absolute atomic E-state index is 0.0392. The number of rotatable bonds is 7. The summed E-state index contributed by atoms with van der Waals surface area (Å²) in [7, 11) is 0. The van der Waals surface area contributed by atoms with Gasteiger partial charge in [-0.25, -0.2) is 0 Å². The van der Waals surface area contributed by atoms with Crippen molar-refractivity contribution in [2.75, 3.05) is 39.5 Å². The molecule has 0 spiro atoms. The molecule has 0 aliphatic carbocycles. The highest BCUT2D eigenvalue weighted by Crippen LogP contribution is 2.25. The fourth-order valence-electron chi connectivity index (χ4n) is 3.41. The van der Waals surface area contributed by atoms with Crippen molar-refractivity contribution in [3.63, 3.8) is 0 Å². The molecule has 0 saturated carbocycles. The van der Waals surface area contributed by atoms with Crippen LogP contribution >= 0.6 is 0 Å². The van der Waals surface area contributed by atoms with Crippen LogP contribution in [0.4, 0.5) is 0 Å². The highest BCUT2D eigenvalue weighted by molar-refractivity contribution is 5.91. The number of carbonyl (C=O) groups is 1. The van der Waals surface area contributed by atoms with E-state index in [1.54, 1.807) is 0 Å². The number of morpholine rings is 1. The van der Waals surface area contributed by atoms with Crippen LogP contribution in [0.5, 0.6) is 5.75 Å². The van der Waals surface area contributed by atoms with Gasteiger partial charge in [-0.1, -0.05) is 0 Å². The van der Waals surface area contributed by atoms with Crippen molar-refractivity contribution in [2.24, 2.45) is 5.73 Å². The molecule has 0 unspecified atom stereocenters. The number of hydrogen-bond donors (Lipinski definition) is 3. The minimum Gasteiger partial charge on any atom is -0.494 e. The summed E-state index contributed by atoms with van der Waals surface area (Å²) in [5.41, 5.74) is 6.65. The predicted molar refractivity (Wildman–Crippen MR) is 109 cm³/mol. The maximum atomic E-state index is 12.3. The molecule has 1 amide bonds. The van der Waals surface area contributed by atoms with E-state index in [0.717, 1.165) is 55.9 Å². The molecule has 1 radical (unpaired) electrons. The summed E-state index contributed by atoms with van der Waals surface area (Å²) >= 11 is 0. The van der Waals surface area contributed by atoms with Gasteiger partial charge >= 0.3 is 0 Å². The van der Waals surface area contributed by atoms with E-state index in [2.05, 4.69) is 20.9 Å². The molecule has 3 aromatic rings. The standard InChI is InChI=1S/C21H23N4O4/c22-20(26)18-5-3-16(21(27)24-18)19-13-14-12-15(2-4-17(14)23-19)29-9-1-6-25-7-10-28-11-8-25/h2-4,12-13,23H,1,6-11H2,(H2,22,26)(H,24,27). The first-order chi connectivity index (χ1) is 14.1. The number of nitrogens with one attached hydrogen (secondary N) is 2. The van der Waals surface area contributed by atoms with Crippen molar-refractivity contribution < 1.29 is 14.3 Å². The van der Waals surface area contributed by atoms with Crippen molar-refractivity contribution in [2.45, 2.75) is 6.42 Å². The van der Waals surface area contributed by atoms with E-state index in [4.69, 9.17) is 15.2 Å². The van der Waals surface area contributed by atoms with Gasteiger partial charge in [0.2, 0.25) is 0 Å². The summed E-state index contributed by atoms with van der Waals surface area (Å²) in [5, 5.41) is 0.934. The first kappa shape index (κ1) is 19.2. The van der Waals surface area contributed by atoms with Gasteiger partial charge < -0.3 is 25.2 Å². The van der Waals surface area contributed by atoms with Gasteiger partial charge in [-0.3, -0.25) is 14.5 Å². The van der Waals surface area contributed by atoms with Crippen molar-refractivity contribution in [3.8, 4) is 17.0 Å². The van der Waals surface area contributed by atoms with Gasteiger partial charge in [0.25, 0.3) is 11.5 Å². The van der Waals surface area contributed by atoms with Gasteiger partial charge in [-0.2, -0.15) is 0 Å². The van der Waals surface area contributed by atoms with Crippen molar-refractivity contribution in [1.82, 2.24) is 14.9 Å². The molecule has 4 rings (SSSR count). The van der Waals surface area contributed by atoms with Crippen LogP contribution in [0.2, 0.25) is 0 Å². The van der Waals surface area contributed by atoms with E-state index in [-0.39, 0.29) is 5.69 Å². The summed E-state index contributed by atoms with van der Waals surface area (Å²) in [5.74, 6) is 0.0651. The van der Waals surface area contributed by atoms with Crippen LogP contribution in [0.3, 0.4) is 0 Å². The summed E-state index contributed by atoms with van der Waals surface area (Å²) in [6.45, 7) is 5.21. The molecule has 8 heteroatoms. The number of pyridine rings is 1. The quantitative estimate of drug-likeness (QED) is 0.525. The number of carbonyl (C=O) groups excluding carboxylic acids is 1. The SMILES string of the molecule is NC(=O)c1[c]cc(-c2cc3cc(OCCCN4CCOCC4)ccc3[nH]2)c(=O)[nH]1. The van der Waals surface area contributed by atoms with Crippen LogP contribution in [0, 0.1) is 6.07 Å². The van der Waals surface area contributed by atoms with E-state index < -0.39 is 11.5 Å². The lowest BCUT2D eigenvalue weighted by Gasteiger charge is -2.26. The topological polar surface area (TPSA) is 113 Å². The van der Waals surface area contributed by atoms with E-state index in [1.807, 2.05) is 24.3 Å². The van der Waals surface area contributed by atoms with Crippen molar-refractivity contribution in [3.05, 3.63) is 52.4 Å². The first-order valence-corrected chi connectivity index (χ1v) is 9.61. The summed E-state index contributed by atoms with van der Waals surface area (Å²) in [6.07, 6.45) is 0.952. The molecule has 29 heavy (non-hydrogen) atoms. The average Bonchev–Trinajstić information content (AvgIpc) is 3.15. The number of aromatic nitrogens is 2. The zero-order valence-electron chi connectivity index (χ0n) is 16.0. The molecular formula is C21H23N4O4. The highest BCUT2D eigenvalue weighted by atomic mass is 16.5. The Kier molecular flexibility index (Phi) is 5.64. The number of aromatic amines is 2. The lowest BCUT2D eigenvalue weighted by molar-refractivity contribution is 0.0358. The van der Waals surface area contributed by atoms with Crippen molar-refractivity contribution in [1.29, 1.82) is 0 Å². The number of H-pyrrole nitrogens is 2. The molecule has 1 aromatic carbocycles.